The van der Waals surface area contributed by atoms with Crippen molar-refractivity contribution in [2.45, 2.75) is 56.9 Å². The van der Waals surface area contributed by atoms with Crippen LogP contribution in [-0.2, 0) is 21.4 Å². The molecule has 3 rings (SSSR count). The fourth-order valence-electron chi connectivity index (χ4n) is 3.93. The highest BCUT2D eigenvalue weighted by atomic mass is 16.4. The lowest BCUT2D eigenvalue weighted by Gasteiger charge is -2.26. The van der Waals surface area contributed by atoms with E-state index in [1.165, 1.54) is 11.1 Å². The number of nitrogens with one attached hydrogen (secondary N) is 1. The van der Waals surface area contributed by atoms with Crippen molar-refractivity contribution in [3.05, 3.63) is 35.4 Å². The maximum absolute atomic E-state index is 12.5. The van der Waals surface area contributed by atoms with Crippen LogP contribution in [0.15, 0.2) is 24.3 Å². The molecule has 0 heterocycles. The van der Waals surface area contributed by atoms with Crippen LogP contribution in [0.5, 0.6) is 0 Å². The zero-order valence-corrected chi connectivity index (χ0v) is 13.0. The number of aryl methyl sites for hydroxylation is 1. The smallest absolute Gasteiger partial charge is 0.303 e. The van der Waals surface area contributed by atoms with E-state index in [-0.39, 0.29) is 29.7 Å². The highest BCUT2D eigenvalue weighted by molar-refractivity contribution is 5.85. The molecule has 1 aromatic carbocycles. The van der Waals surface area contributed by atoms with Gasteiger partial charge in [-0.15, -0.1) is 0 Å². The standard InChI is InChI=1S/C18H23NO3/c1-12(8-9-16(20)21)19-17(22)15-11-18(15)10-4-6-13-5-2-3-7-14(13)18/h2-3,5,7,12,15H,4,6,8-11H2,1H3,(H,19,22)(H,20,21). The van der Waals surface area contributed by atoms with Gasteiger partial charge in [0.25, 0.3) is 0 Å². The van der Waals surface area contributed by atoms with Gasteiger partial charge < -0.3 is 10.4 Å². The molecule has 1 saturated carbocycles. The average Bonchev–Trinajstić information content (AvgIpc) is 3.21. The first kappa shape index (κ1) is 15.1. The minimum atomic E-state index is -0.815. The molecule has 0 saturated heterocycles. The molecule has 4 nitrogen and oxygen atoms in total. The van der Waals surface area contributed by atoms with E-state index in [0.29, 0.717) is 6.42 Å². The lowest BCUT2D eigenvalue weighted by Crippen LogP contribution is -2.36. The Morgan fingerprint density at radius 1 is 1.41 bits per heavy atom. The van der Waals surface area contributed by atoms with Crippen LogP contribution in [0.3, 0.4) is 0 Å². The second-order valence-corrected chi connectivity index (χ2v) is 6.77. The van der Waals surface area contributed by atoms with Crippen LogP contribution >= 0.6 is 0 Å². The van der Waals surface area contributed by atoms with Crippen LogP contribution < -0.4 is 5.32 Å². The number of hydrogen-bond donors (Lipinski definition) is 2. The van der Waals surface area contributed by atoms with Gasteiger partial charge in [-0.25, -0.2) is 0 Å². The third-order valence-corrected chi connectivity index (χ3v) is 5.19. The molecule has 0 aromatic heterocycles. The summed E-state index contributed by atoms with van der Waals surface area (Å²) in [5.74, 6) is -0.666. The summed E-state index contributed by atoms with van der Waals surface area (Å²) < 4.78 is 0. The molecular weight excluding hydrogens is 278 g/mol. The van der Waals surface area contributed by atoms with Gasteiger partial charge in [0.05, 0.1) is 0 Å². The van der Waals surface area contributed by atoms with E-state index in [1.807, 2.05) is 6.92 Å². The van der Waals surface area contributed by atoms with Crippen LogP contribution in [0.2, 0.25) is 0 Å². The number of rotatable bonds is 5. The van der Waals surface area contributed by atoms with E-state index in [1.54, 1.807) is 0 Å². The van der Waals surface area contributed by atoms with Gasteiger partial charge in [-0.05, 0) is 50.2 Å². The molecular formula is C18H23NO3. The Labute approximate surface area is 130 Å². The summed E-state index contributed by atoms with van der Waals surface area (Å²) in [5.41, 5.74) is 2.80. The van der Waals surface area contributed by atoms with E-state index < -0.39 is 5.97 Å². The van der Waals surface area contributed by atoms with Gasteiger partial charge in [0.2, 0.25) is 5.91 Å². The van der Waals surface area contributed by atoms with Gasteiger partial charge in [-0.1, -0.05) is 24.3 Å². The molecule has 0 bridgehead atoms. The van der Waals surface area contributed by atoms with Crippen molar-refractivity contribution < 1.29 is 14.7 Å². The van der Waals surface area contributed by atoms with Gasteiger partial charge >= 0.3 is 5.97 Å². The van der Waals surface area contributed by atoms with Gasteiger partial charge in [0.15, 0.2) is 0 Å². The van der Waals surface area contributed by atoms with Crippen molar-refractivity contribution in [3.63, 3.8) is 0 Å². The van der Waals surface area contributed by atoms with Crippen molar-refractivity contribution in [3.8, 4) is 0 Å². The molecule has 3 atom stereocenters. The Kier molecular flexibility index (Phi) is 3.94. The van der Waals surface area contributed by atoms with Gasteiger partial charge in [0.1, 0.15) is 0 Å². The lowest BCUT2D eigenvalue weighted by molar-refractivity contribution is -0.137. The molecule has 2 aliphatic rings. The minimum absolute atomic E-state index is 0.0471. The first-order valence-corrected chi connectivity index (χ1v) is 8.13. The zero-order chi connectivity index (χ0) is 15.7. The molecule has 1 aromatic rings. The van der Waals surface area contributed by atoms with E-state index in [2.05, 4.69) is 29.6 Å². The molecule has 0 aliphatic heterocycles. The van der Waals surface area contributed by atoms with Crippen LogP contribution in [0.1, 0.15) is 50.2 Å². The maximum Gasteiger partial charge on any atom is 0.303 e. The number of aliphatic carboxylic acids is 1. The predicted octanol–water partition coefficient (Wildman–Crippen LogP) is 2.65. The highest BCUT2D eigenvalue weighted by Crippen LogP contribution is 2.60. The summed E-state index contributed by atoms with van der Waals surface area (Å²) in [4.78, 5) is 23.1. The second-order valence-electron chi connectivity index (χ2n) is 6.77. The number of amides is 1. The zero-order valence-electron chi connectivity index (χ0n) is 13.0. The molecule has 4 heteroatoms. The Morgan fingerprint density at radius 2 is 2.18 bits per heavy atom. The summed E-state index contributed by atoms with van der Waals surface area (Å²) in [6.45, 7) is 1.88. The van der Waals surface area contributed by atoms with E-state index >= 15 is 0 Å². The first-order valence-electron chi connectivity index (χ1n) is 8.13. The second kappa shape index (κ2) is 5.75. The van der Waals surface area contributed by atoms with Gasteiger partial charge in [-0.3, -0.25) is 9.59 Å². The van der Waals surface area contributed by atoms with E-state index in [0.717, 1.165) is 25.7 Å². The van der Waals surface area contributed by atoms with Gasteiger partial charge in [-0.2, -0.15) is 0 Å². The van der Waals surface area contributed by atoms with Crippen molar-refractivity contribution in [1.82, 2.24) is 5.32 Å². The Bertz CT molecular complexity index is 598. The SMILES string of the molecule is CC(CCC(=O)O)NC(=O)C1CC12CCCc1ccccc12. The van der Waals surface area contributed by atoms with E-state index in [9.17, 15) is 9.59 Å². The number of carbonyl (C=O) groups excluding carboxylic acids is 1. The first-order chi connectivity index (χ1) is 10.5. The maximum atomic E-state index is 12.5. The molecule has 22 heavy (non-hydrogen) atoms. The fraction of sp³-hybridized carbons (Fsp3) is 0.556. The van der Waals surface area contributed by atoms with Crippen molar-refractivity contribution in [2.24, 2.45) is 5.92 Å². The molecule has 2 aliphatic carbocycles. The Balaban J connectivity index is 1.64. The number of carboxylic acid groups (broad SMARTS) is 1. The average molecular weight is 301 g/mol. The molecule has 2 N–H and O–H groups in total. The van der Waals surface area contributed by atoms with E-state index in [4.69, 9.17) is 5.11 Å². The largest absolute Gasteiger partial charge is 0.481 e. The van der Waals surface area contributed by atoms with Crippen LogP contribution in [0.4, 0.5) is 0 Å². The van der Waals surface area contributed by atoms with Crippen molar-refractivity contribution in [1.29, 1.82) is 0 Å². The quantitative estimate of drug-likeness (QED) is 0.878. The topological polar surface area (TPSA) is 66.4 Å². The molecule has 0 radical (unpaired) electrons. The van der Waals surface area contributed by atoms with Crippen LogP contribution in [0.25, 0.3) is 0 Å². The molecule has 118 valence electrons. The molecule has 3 unspecified atom stereocenters. The normalized spacial score (nSPS) is 27.0. The van der Waals surface area contributed by atoms with Crippen molar-refractivity contribution >= 4 is 11.9 Å². The van der Waals surface area contributed by atoms with Gasteiger partial charge in [0, 0.05) is 23.8 Å². The monoisotopic (exact) mass is 301 g/mol. The summed E-state index contributed by atoms with van der Waals surface area (Å²) in [6, 6.07) is 8.41. The summed E-state index contributed by atoms with van der Waals surface area (Å²) >= 11 is 0. The Morgan fingerprint density at radius 3 is 2.95 bits per heavy atom. The third kappa shape index (κ3) is 2.74. The minimum Gasteiger partial charge on any atom is -0.481 e. The lowest BCUT2D eigenvalue weighted by atomic mass is 9.78. The number of carbonyl (C=O) groups is 2. The predicted molar refractivity (Wildman–Crippen MR) is 83.6 cm³/mol. The highest BCUT2D eigenvalue weighted by Gasteiger charge is 2.60. The number of fused-ring (bicyclic) bond motifs is 2. The summed E-state index contributed by atoms with van der Waals surface area (Å²) in [6.07, 6.45) is 4.86. The molecule has 1 amide bonds. The fourth-order valence-corrected chi connectivity index (χ4v) is 3.93. The molecule has 1 fully saturated rings. The molecule has 1 spiro atoms. The van der Waals surface area contributed by atoms with Crippen LogP contribution in [0, 0.1) is 5.92 Å². The van der Waals surface area contributed by atoms with Crippen molar-refractivity contribution in [2.75, 3.05) is 0 Å². The number of hydrogen-bond acceptors (Lipinski definition) is 2. The van der Waals surface area contributed by atoms with Crippen LogP contribution in [-0.4, -0.2) is 23.0 Å². The Hall–Kier alpha value is -1.84. The third-order valence-electron chi connectivity index (χ3n) is 5.19. The summed E-state index contributed by atoms with van der Waals surface area (Å²) in [7, 11) is 0. The number of benzene rings is 1. The summed E-state index contributed by atoms with van der Waals surface area (Å²) in [5, 5.41) is 11.7. The number of carboxylic acids is 1.